The first-order chi connectivity index (χ1) is 9.26. The summed E-state index contributed by atoms with van der Waals surface area (Å²) in [5.41, 5.74) is 7.78. The van der Waals surface area contributed by atoms with E-state index in [2.05, 4.69) is 10.2 Å². The van der Waals surface area contributed by atoms with Gasteiger partial charge in [0.2, 0.25) is 5.88 Å². The summed E-state index contributed by atoms with van der Waals surface area (Å²) in [7, 11) is 1.55. The number of methoxy groups -OCH3 is 1. The Hall–Kier alpha value is -2.14. The first-order valence-electron chi connectivity index (χ1n) is 6.11. The van der Waals surface area contributed by atoms with Crippen LogP contribution >= 0.6 is 0 Å². The average Bonchev–Trinajstić information content (AvgIpc) is 2.47. The SMILES string of the molecule is CCOc1ccccc1C(N)c1ccc(OC)nn1. The molecule has 1 heterocycles. The average molecular weight is 259 g/mol. The van der Waals surface area contributed by atoms with Gasteiger partial charge in [-0.15, -0.1) is 10.2 Å². The van der Waals surface area contributed by atoms with Gasteiger partial charge in [-0.25, -0.2) is 0 Å². The summed E-state index contributed by atoms with van der Waals surface area (Å²) in [4.78, 5) is 0. The van der Waals surface area contributed by atoms with Crippen LogP contribution in [0.2, 0.25) is 0 Å². The highest BCUT2D eigenvalue weighted by Gasteiger charge is 2.15. The van der Waals surface area contributed by atoms with Crippen LogP contribution in [0.1, 0.15) is 24.2 Å². The minimum Gasteiger partial charge on any atom is -0.494 e. The highest BCUT2D eigenvalue weighted by Crippen LogP contribution is 2.27. The van der Waals surface area contributed by atoms with Crippen LogP contribution in [0.25, 0.3) is 0 Å². The summed E-state index contributed by atoms with van der Waals surface area (Å²) >= 11 is 0. The first-order valence-corrected chi connectivity index (χ1v) is 6.11. The van der Waals surface area contributed by atoms with Crippen molar-refractivity contribution in [1.82, 2.24) is 10.2 Å². The fourth-order valence-electron chi connectivity index (χ4n) is 1.79. The van der Waals surface area contributed by atoms with E-state index in [-0.39, 0.29) is 6.04 Å². The number of nitrogens with zero attached hydrogens (tertiary/aromatic N) is 2. The molecule has 100 valence electrons. The number of nitrogens with two attached hydrogens (primary N) is 1. The molecule has 1 unspecified atom stereocenters. The van der Waals surface area contributed by atoms with Crippen LogP contribution in [0.4, 0.5) is 0 Å². The quantitative estimate of drug-likeness (QED) is 0.888. The molecule has 0 fully saturated rings. The molecular formula is C14H17N3O2. The smallest absolute Gasteiger partial charge is 0.233 e. The van der Waals surface area contributed by atoms with Gasteiger partial charge in [0.15, 0.2) is 0 Å². The van der Waals surface area contributed by atoms with Gasteiger partial charge in [0.1, 0.15) is 5.75 Å². The van der Waals surface area contributed by atoms with E-state index in [9.17, 15) is 0 Å². The molecule has 0 saturated carbocycles. The van der Waals surface area contributed by atoms with Gasteiger partial charge in [-0.05, 0) is 19.1 Å². The van der Waals surface area contributed by atoms with E-state index in [1.54, 1.807) is 19.2 Å². The Labute approximate surface area is 112 Å². The molecule has 1 aromatic carbocycles. The summed E-state index contributed by atoms with van der Waals surface area (Å²) in [6.07, 6.45) is 0. The van der Waals surface area contributed by atoms with Crippen molar-refractivity contribution < 1.29 is 9.47 Å². The lowest BCUT2D eigenvalue weighted by molar-refractivity contribution is 0.335. The van der Waals surface area contributed by atoms with Gasteiger partial charge in [-0.2, -0.15) is 0 Å². The largest absolute Gasteiger partial charge is 0.494 e. The number of benzene rings is 1. The maximum absolute atomic E-state index is 6.22. The zero-order valence-corrected chi connectivity index (χ0v) is 11.0. The molecule has 0 amide bonds. The summed E-state index contributed by atoms with van der Waals surface area (Å²) in [6.45, 7) is 2.54. The molecule has 1 atom stereocenters. The Morgan fingerprint density at radius 2 is 1.95 bits per heavy atom. The fraction of sp³-hybridized carbons (Fsp3) is 0.286. The van der Waals surface area contributed by atoms with Crippen LogP contribution in [0.15, 0.2) is 36.4 Å². The van der Waals surface area contributed by atoms with Gasteiger partial charge < -0.3 is 15.2 Å². The zero-order valence-electron chi connectivity index (χ0n) is 11.0. The second kappa shape index (κ2) is 6.15. The molecule has 0 aliphatic heterocycles. The Balaban J connectivity index is 2.29. The van der Waals surface area contributed by atoms with Gasteiger partial charge in [0.05, 0.1) is 25.5 Å². The Morgan fingerprint density at radius 3 is 2.58 bits per heavy atom. The van der Waals surface area contributed by atoms with Crippen molar-refractivity contribution >= 4 is 0 Å². The molecule has 5 nitrogen and oxygen atoms in total. The molecule has 1 aromatic heterocycles. The standard InChI is InChI=1S/C14H17N3O2/c1-3-19-12-7-5-4-6-10(12)14(15)11-8-9-13(18-2)17-16-11/h4-9,14H,3,15H2,1-2H3. The fourth-order valence-corrected chi connectivity index (χ4v) is 1.79. The zero-order chi connectivity index (χ0) is 13.7. The van der Waals surface area contributed by atoms with Gasteiger partial charge in [-0.1, -0.05) is 18.2 Å². The lowest BCUT2D eigenvalue weighted by atomic mass is 10.0. The van der Waals surface area contributed by atoms with E-state index in [1.807, 2.05) is 31.2 Å². The van der Waals surface area contributed by atoms with Crippen molar-refractivity contribution in [2.24, 2.45) is 5.73 Å². The van der Waals surface area contributed by atoms with Crippen LogP contribution in [0, 0.1) is 0 Å². The van der Waals surface area contributed by atoms with E-state index >= 15 is 0 Å². The molecule has 0 bridgehead atoms. The lowest BCUT2D eigenvalue weighted by Crippen LogP contribution is -2.15. The van der Waals surface area contributed by atoms with E-state index in [1.165, 1.54) is 0 Å². The third-order valence-electron chi connectivity index (χ3n) is 2.74. The van der Waals surface area contributed by atoms with Crippen LogP contribution in [0.5, 0.6) is 11.6 Å². The Kier molecular flexibility index (Phi) is 4.30. The predicted molar refractivity (Wildman–Crippen MR) is 72.2 cm³/mol. The number of hydrogen-bond acceptors (Lipinski definition) is 5. The van der Waals surface area contributed by atoms with Gasteiger partial charge in [-0.3, -0.25) is 0 Å². The Bertz CT molecular complexity index is 528. The molecule has 0 spiro atoms. The number of ether oxygens (including phenoxy) is 2. The molecule has 0 saturated heterocycles. The molecule has 19 heavy (non-hydrogen) atoms. The van der Waals surface area contributed by atoms with Crippen LogP contribution in [0.3, 0.4) is 0 Å². The van der Waals surface area contributed by atoms with Crippen molar-refractivity contribution in [3.8, 4) is 11.6 Å². The summed E-state index contributed by atoms with van der Waals surface area (Å²) in [5, 5.41) is 8.00. The second-order valence-electron chi connectivity index (χ2n) is 3.95. The lowest BCUT2D eigenvalue weighted by Gasteiger charge is -2.15. The third kappa shape index (κ3) is 3.00. The van der Waals surface area contributed by atoms with Gasteiger partial charge in [0, 0.05) is 11.6 Å². The number of rotatable bonds is 5. The first kappa shape index (κ1) is 13.3. The normalized spacial score (nSPS) is 11.9. The molecule has 0 aliphatic rings. The monoisotopic (exact) mass is 259 g/mol. The van der Waals surface area contributed by atoms with E-state index < -0.39 is 0 Å². The predicted octanol–water partition coefficient (Wildman–Crippen LogP) is 1.93. The van der Waals surface area contributed by atoms with Crippen LogP contribution in [-0.4, -0.2) is 23.9 Å². The minimum atomic E-state index is -0.374. The van der Waals surface area contributed by atoms with Crippen molar-refractivity contribution in [2.75, 3.05) is 13.7 Å². The molecular weight excluding hydrogens is 242 g/mol. The summed E-state index contributed by atoms with van der Waals surface area (Å²) < 4.78 is 10.5. The Morgan fingerprint density at radius 1 is 1.16 bits per heavy atom. The van der Waals surface area contributed by atoms with Gasteiger partial charge in [0.25, 0.3) is 0 Å². The maximum atomic E-state index is 6.22. The highest BCUT2D eigenvalue weighted by molar-refractivity contribution is 5.39. The molecule has 2 N–H and O–H groups in total. The molecule has 2 rings (SSSR count). The van der Waals surface area contributed by atoms with E-state index in [0.717, 1.165) is 11.3 Å². The maximum Gasteiger partial charge on any atom is 0.233 e. The molecule has 0 radical (unpaired) electrons. The summed E-state index contributed by atoms with van der Waals surface area (Å²) in [5.74, 6) is 1.24. The highest BCUT2D eigenvalue weighted by atomic mass is 16.5. The number of para-hydroxylation sites is 1. The number of aromatic nitrogens is 2. The van der Waals surface area contributed by atoms with Crippen molar-refractivity contribution in [2.45, 2.75) is 13.0 Å². The van der Waals surface area contributed by atoms with E-state index in [0.29, 0.717) is 18.2 Å². The van der Waals surface area contributed by atoms with E-state index in [4.69, 9.17) is 15.2 Å². The second-order valence-corrected chi connectivity index (χ2v) is 3.95. The van der Waals surface area contributed by atoms with Crippen molar-refractivity contribution in [3.63, 3.8) is 0 Å². The number of hydrogen-bond donors (Lipinski definition) is 1. The van der Waals surface area contributed by atoms with Crippen LogP contribution < -0.4 is 15.2 Å². The minimum absolute atomic E-state index is 0.374. The summed E-state index contributed by atoms with van der Waals surface area (Å²) in [6, 6.07) is 10.8. The van der Waals surface area contributed by atoms with Gasteiger partial charge >= 0.3 is 0 Å². The molecule has 5 heteroatoms. The topological polar surface area (TPSA) is 70.3 Å². The third-order valence-corrected chi connectivity index (χ3v) is 2.74. The van der Waals surface area contributed by atoms with Crippen molar-refractivity contribution in [3.05, 3.63) is 47.7 Å². The molecule has 2 aromatic rings. The van der Waals surface area contributed by atoms with Crippen LogP contribution in [-0.2, 0) is 0 Å². The van der Waals surface area contributed by atoms with Crippen molar-refractivity contribution in [1.29, 1.82) is 0 Å². The molecule has 0 aliphatic carbocycles.